The molecule has 27 heavy (non-hydrogen) atoms. The number of benzene rings is 2. The maximum Gasteiger partial charge on any atom is 0.344 e. The Balaban J connectivity index is 0.000000488. The number of non-ortho nitro benzene ring substituents is 1. The van der Waals surface area contributed by atoms with Crippen molar-refractivity contribution in [1.29, 1.82) is 0 Å². The number of methoxy groups -OCH3 is 2. The zero-order valence-electron chi connectivity index (χ0n) is 14.6. The van der Waals surface area contributed by atoms with Crippen LogP contribution in [0.2, 0.25) is 0 Å². The summed E-state index contributed by atoms with van der Waals surface area (Å²) in [5.74, 6) is -0.322. The molecule has 7 N–H and O–H groups in total. The number of primary amides is 1. The second-order valence-corrected chi connectivity index (χ2v) is 4.89. The third-order valence-corrected chi connectivity index (χ3v) is 3.18. The van der Waals surface area contributed by atoms with Crippen LogP contribution in [0.4, 0.5) is 11.4 Å². The molecule has 0 aliphatic rings. The third kappa shape index (κ3) is 6.45. The SMILES string of the molecule is COc1ccc(N)cc1C([NH3+])=O.COc1ccc([N+](=O)[O-])cc1C(N)=O.[Cl-]. The minimum absolute atomic E-state index is 0. The number of anilines is 1. The first-order valence-corrected chi connectivity index (χ1v) is 7.13. The van der Waals surface area contributed by atoms with E-state index < -0.39 is 10.8 Å². The van der Waals surface area contributed by atoms with Gasteiger partial charge < -0.3 is 33.3 Å². The number of nitro groups is 1. The van der Waals surface area contributed by atoms with E-state index in [1.807, 2.05) is 0 Å². The lowest BCUT2D eigenvalue weighted by atomic mass is 10.1. The van der Waals surface area contributed by atoms with Gasteiger partial charge in [0.1, 0.15) is 17.1 Å². The van der Waals surface area contributed by atoms with Gasteiger partial charge in [0.15, 0.2) is 0 Å². The number of hydrogen-bond donors (Lipinski definition) is 3. The minimum Gasteiger partial charge on any atom is -1.00 e. The monoisotopic (exact) mass is 398 g/mol. The Morgan fingerprint density at radius 2 is 1.56 bits per heavy atom. The van der Waals surface area contributed by atoms with Crippen LogP contribution >= 0.6 is 0 Å². The van der Waals surface area contributed by atoms with Crippen LogP contribution in [-0.4, -0.2) is 31.0 Å². The number of nitrogen functional groups attached to an aromatic ring is 1. The number of carbonyl (C=O) groups is 2. The molecule has 0 bridgehead atoms. The summed E-state index contributed by atoms with van der Waals surface area (Å²) < 4.78 is 9.76. The first kappa shape index (κ1) is 23.6. The van der Waals surface area contributed by atoms with Gasteiger partial charge in [0, 0.05) is 17.8 Å². The predicted octanol–water partition coefficient (Wildman–Crippen LogP) is -2.63. The lowest BCUT2D eigenvalue weighted by molar-refractivity contribution is -0.384. The van der Waals surface area contributed by atoms with E-state index in [-0.39, 0.29) is 35.3 Å². The highest BCUT2D eigenvalue weighted by Gasteiger charge is 2.14. The Labute approximate surface area is 160 Å². The van der Waals surface area contributed by atoms with E-state index in [2.05, 4.69) is 5.73 Å². The van der Waals surface area contributed by atoms with Crippen LogP contribution in [0.3, 0.4) is 0 Å². The molecule has 0 saturated heterocycles. The topological polar surface area (TPSA) is 175 Å². The van der Waals surface area contributed by atoms with Crippen LogP contribution in [0.15, 0.2) is 36.4 Å². The van der Waals surface area contributed by atoms with Crippen LogP contribution in [-0.2, 0) is 0 Å². The van der Waals surface area contributed by atoms with Crippen molar-refractivity contribution in [2.24, 2.45) is 5.73 Å². The van der Waals surface area contributed by atoms with Crippen molar-refractivity contribution in [2.45, 2.75) is 0 Å². The molecule has 0 aromatic heterocycles. The van der Waals surface area contributed by atoms with Crippen LogP contribution < -0.4 is 39.1 Å². The van der Waals surface area contributed by atoms with Gasteiger partial charge in [0.25, 0.3) is 11.6 Å². The summed E-state index contributed by atoms with van der Waals surface area (Å²) in [7, 11) is 2.85. The van der Waals surface area contributed by atoms with E-state index in [1.54, 1.807) is 18.2 Å². The molecule has 0 spiro atoms. The molecule has 2 rings (SSSR count). The summed E-state index contributed by atoms with van der Waals surface area (Å²) in [6.07, 6.45) is 0. The van der Waals surface area contributed by atoms with E-state index >= 15 is 0 Å². The number of hydrogen-bond acceptors (Lipinski definition) is 7. The van der Waals surface area contributed by atoms with Crippen LogP contribution in [0, 0.1) is 10.1 Å². The molecule has 146 valence electrons. The van der Waals surface area contributed by atoms with Crippen LogP contribution in [0.5, 0.6) is 11.5 Å². The van der Waals surface area contributed by atoms with Crippen molar-refractivity contribution < 1.29 is 42.1 Å². The second-order valence-electron chi connectivity index (χ2n) is 4.89. The molecular formula is C16H19ClN4O6. The molecule has 11 heteroatoms. The fourth-order valence-electron chi connectivity index (χ4n) is 1.95. The lowest BCUT2D eigenvalue weighted by Crippen LogP contribution is -3.00. The Hall–Kier alpha value is -3.37. The number of amides is 2. The number of nitrogens with zero attached hydrogens (tertiary/aromatic N) is 1. The zero-order chi connectivity index (χ0) is 19.9. The fraction of sp³-hybridized carbons (Fsp3) is 0.125. The smallest absolute Gasteiger partial charge is 0.344 e. The maximum absolute atomic E-state index is 10.9. The highest BCUT2D eigenvalue weighted by Crippen LogP contribution is 2.23. The Bertz CT molecular complexity index is 844. The minimum atomic E-state index is -0.759. The molecule has 10 nitrogen and oxygen atoms in total. The summed E-state index contributed by atoms with van der Waals surface area (Å²) in [4.78, 5) is 31.6. The number of rotatable bonds is 5. The van der Waals surface area contributed by atoms with E-state index in [0.29, 0.717) is 17.0 Å². The fourth-order valence-corrected chi connectivity index (χ4v) is 1.95. The Morgan fingerprint density at radius 3 is 2.00 bits per heavy atom. The molecular weight excluding hydrogens is 380 g/mol. The molecule has 0 unspecified atom stereocenters. The van der Waals surface area contributed by atoms with Gasteiger partial charge in [-0.15, -0.1) is 0 Å². The molecule has 0 saturated carbocycles. The van der Waals surface area contributed by atoms with Crippen molar-refractivity contribution in [2.75, 3.05) is 20.0 Å². The molecule has 2 aromatic rings. The summed E-state index contributed by atoms with van der Waals surface area (Å²) in [5.41, 5.74) is 14.5. The number of nitrogens with two attached hydrogens (primary N) is 2. The number of quaternary nitrogens is 1. The van der Waals surface area contributed by atoms with Crippen LogP contribution in [0.1, 0.15) is 20.7 Å². The summed E-state index contributed by atoms with van der Waals surface area (Å²) in [5, 5.41) is 10.4. The average Bonchev–Trinajstić information content (AvgIpc) is 2.61. The van der Waals surface area contributed by atoms with Gasteiger partial charge in [-0.05, 0) is 24.3 Å². The molecule has 0 radical (unpaired) electrons. The van der Waals surface area contributed by atoms with Crippen molar-refractivity contribution >= 4 is 23.2 Å². The van der Waals surface area contributed by atoms with E-state index in [0.717, 1.165) is 6.07 Å². The van der Waals surface area contributed by atoms with E-state index in [4.69, 9.17) is 20.9 Å². The Kier molecular flexibility index (Phi) is 9.26. The van der Waals surface area contributed by atoms with Crippen molar-refractivity contribution in [3.8, 4) is 11.5 Å². The van der Waals surface area contributed by atoms with Gasteiger partial charge >= 0.3 is 5.91 Å². The first-order valence-electron chi connectivity index (χ1n) is 7.13. The van der Waals surface area contributed by atoms with Gasteiger partial charge in [0.05, 0.1) is 24.7 Å². The second kappa shape index (κ2) is 10.6. The number of ether oxygens (including phenoxy) is 2. The molecule has 0 atom stereocenters. The molecule has 0 aliphatic carbocycles. The van der Waals surface area contributed by atoms with E-state index in [9.17, 15) is 19.7 Å². The van der Waals surface area contributed by atoms with Gasteiger partial charge in [-0.1, -0.05) is 0 Å². The summed E-state index contributed by atoms with van der Waals surface area (Å²) >= 11 is 0. The standard InChI is InChI=1S/C8H8N2O4.C8H10N2O2.ClH/c1-14-7-3-2-5(10(12)13)4-6(7)8(9)11;1-12-7-3-2-5(9)4-6(7)8(10)11;/h2-4H,1H3,(H2,9,11);2-4H,9H2,1H3,(H2,10,11);1H. The van der Waals surface area contributed by atoms with Crippen molar-refractivity contribution in [3.63, 3.8) is 0 Å². The van der Waals surface area contributed by atoms with Gasteiger partial charge in [-0.3, -0.25) is 20.6 Å². The zero-order valence-corrected chi connectivity index (χ0v) is 15.4. The lowest BCUT2D eigenvalue weighted by Gasteiger charge is -2.03. The highest BCUT2D eigenvalue weighted by atomic mass is 35.5. The quantitative estimate of drug-likeness (QED) is 0.280. The van der Waals surface area contributed by atoms with Gasteiger partial charge in [-0.25, -0.2) is 4.79 Å². The maximum atomic E-state index is 10.9. The molecule has 2 aromatic carbocycles. The average molecular weight is 399 g/mol. The first-order chi connectivity index (χ1) is 12.2. The summed E-state index contributed by atoms with van der Waals surface area (Å²) in [6, 6.07) is 8.53. The largest absolute Gasteiger partial charge is 1.00 e. The van der Waals surface area contributed by atoms with E-state index in [1.165, 1.54) is 26.4 Å². The molecule has 0 aliphatic heterocycles. The molecule has 0 fully saturated rings. The predicted molar refractivity (Wildman–Crippen MR) is 92.8 cm³/mol. The number of nitro benzene ring substituents is 1. The van der Waals surface area contributed by atoms with Gasteiger partial charge in [-0.2, -0.15) is 0 Å². The molecule has 2 amide bonds. The van der Waals surface area contributed by atoms with Gasteiger partial charge in [0.2, 0.25) is 0 Å². The van der Waals surface area contributed by atoms with Crippen LogP contribution in [0.25, 0.3) is 0 Å². The Morgan fingerprint density at radius 1 is 1.04 bits per heavy atom. The number of carbonyl (C=O) groups excluding carboxylic acids is 2. The third-order valence-electron chi connectivity index (χ3n) is 3.18. The van der Waals surface area contributed by atoms with Crippen molar-refractivity contribution in [1.82, 2.24) is 0 Å². The number of halogens is 1. The highest BCUT2D eigenvalue weighted by molar-refractivity contribution is 5.96. The summed E-state index contributed by atoms with van der Waals surface area (Å²) in [6.45, 7) is 0. The normalized spacial score (nSPS) is 9.15. The van der Waals surface area contributed by atoms with Crippen molar-refractivity contribution in [3.05, 3.63) is 57.6 Å². The molecule has 0 heterocycles.